The van der Waals surface area contributed by atoms with Gasteiger partial charge in [-0.2, -0.15) is 0 Å². The van der Waals surface area contributed by atoms with Gasteiger partial charge in [0, 0.05) is 25.7 Å². The predicted octanol–water partition coefficient (Wildman–Crippen LogP) is 2.75. The molecule has 0 spiro atoms. The van der Waals surface area contributed by atoms with Crippen LogP contribution in [0.3, 0.4) is 0 Å². The third kappa shape index (κ3) is 5.77. The summed E-state index contributed by atoms with van der Waals surface area (Å²) >= 11 is 0. The minimum Gasteiger partial charge on any atom is -0.309 e. The topological polar surface area (TPSA) is 18.5 Å². The Morgan fingerprint density at radius 1 is 1.19 bits per heavy atom. The van der Waals surface area contributed by atoms with Crippen LogP contribution in [0, 0.1) is 0 Å². The van der Waals surface area contributed by atoms with E-state index in [4.69, 9.17) is 0 Å². The van der Waals surface area contributed by atoms with Gasteiger partial charge in [0.2, 0.25) is 0 Å². The molecule has 1 heterocycles. The van der Waals surface area contributed by atoms with E-state index in [1.807, 2.05) is 0 Å². The van der Waals surface area contributed by atoms with E-state index in [2.05, 4.69) is 59.4 Å². The Bertz CT molecular complexity index is 373. The van der Waals surface area contributed by atoms with E-state index >= 15 is 0 Å². The van der Waals surface area contributed by atoms with Crippen LogP contribution < -0.4 is 5.32 Å². The first kappa shape index (κ1) is 16.5. The van der Waals surface area contributed by atoms with Gasteiger partial charge in [-0.25, -0.2) is 0 Å². The molecule has 0 aromatic heterocycles. The molecule has 3 heteroatoms. The summed E-state index contributed by atoms with van der Waals surface area (Å²) in [6.07, 6.45) is 3.95. The molecule has 0 radical (unpaired) electrons. The number of hydrogen-bond acceptors (Lipinski definition) is 3. The van der Waals surface area contributed by atoms with Crippen LogP contribution in [-0.4, -0.2) is 56.1 Å². The summed E-state index contributed by atoms with van der Waals surface area (Å²) < 4.78 is 0. The first-order chi connectivity index (χ1) is 10.3. The van der Waals surface area contributed by atoms with Crippen molar-refractivity contribution in [2.45, 2.75) is 32.2 Å². The van der Waals surface area contributed by atoms with E-state index in [0.29, 0.717) is 6.04 Å². The smallest absolute Gasteiger partial charge is 0.0449 e. The number of likely N-dealkylation sites (N-methyl/N-ethyl adjacent to an activating group) is 1. The van der Waals surface area contributed by atoms with Gasteiger partial charge in [-0.3, -0.25) is 0 Å². The highest BCUT2D eigenvalue weighted by Crippen LogP contribution is 2.14. The van der Waals surface area contributed by atoms with Gasteiger partial charge in [0.05, 0.1) is 0 Å². The van der Waals surface area contributed by atoms with Gasteiger partial charge in [0.25, 0.3) is 0 Å². The van der Waals surface area contributed by atoms with Crippen molar-refractivity contribution in [2.75, 3.05) is 46.3 Å². The second-order valence-electron chi connectivity index (χ2n) is 6.23. The third-order valence-electron chi connectivity index (χ3n) is 4.33. The highest BCUT2D eigenvalue weighted by atomic mass is 15.2. The number of hydrogen-bond donors (Lipinski definition) is 1. The minimum atomic E-state index is 0.440. The quantitative estimate of drug-likeness (QED) is 0.754. The van der Waals surface area contributed by atoms with Gasteiger partial charge >= 0.3 is 0 Å². The van der Waals surface area contributed by atoms with Crippen molar-refractivity contribution in [1.82, 2.24) is 15.1 Å². The molecule has 0 aliphatic carbocycles. The lowest BCUT2D eigenvalue weighted by Crippen LogP contribution is -2.37. The third-order valence-corrected chi connectivity index (χ3v) is 4.33. The largest absolute Gasteiger partial charge is 0.309 e. The highest BCUT2D eigenvalue weighted by molar-refractivity contribution is 5.19. The van der Waals surface area contributed by atoms with Crippen molar-refractivity contribution in [3.8, 4) is 0 Å². The van der Waals surface area contributed by atoms with Gasteiger partial charge in [-0.15, -0.1) is 0 Å². The lowest BCUT2D eigenvalue weighted by atomic mass is 10.1. The van der Waals surface area contributed by atoms with Crippen LogP contribution in [-0.2, 0) is 0 Å². The van der Waals surface area contributed by atoms with Crippen molar-refractivity contribution in [1.29, 1.82) is 0 Å². The number of nitrogens with one attached hydrogen (secondary N) is 1. The Balaban J connectivity index is 1.82. The zero-order valence-electron chi connectivity index (χ0n) is 13.7. The maximum atomic E-state index is 3.69. The molecular formula is C18H31N3. The Morgan fingerprint density at radius 3 is 2.57 bits per heavy atom. The molecule has 0 amide bonds. The van der Waals surface area contributed by atoms with Gasteiger partial charge < -0.3 is 15.1 Å². The summed E-state index contributed by atoms with van der Waals surface area (Å²) in [6.45, 7) is 9.36. The minimum absolute atomic E-state index is 0.440. The molecule has 1 aliphatic heterocycles. The first-order valence-corrected chi connectivity index (χ1v) is 8.49. The number of benzene rings is 1. The normalized spacial score (nSPS) is 17.5. The fourth-order valence-corrected chi connectivity index (χ4v) is 3.01. The van der Waals surface area contributed by atoms with Crippen molar-refractivity contribution < 1.29 is 0 Å². The van der Waals surface area contributed by atoms with Crippen LogP contribution in [0.1, 0.15) is 37.8 Å². The Hall–Kier alpha value is -0.900. The Morgan fingerprint density at radius 2 is 1.90 bits per heavy atom. The molecule has 1 aliphatic rings. The van der Waals surface area contributed by atoms with Crippen LogP contribution in [0.2, 0.25) is 0 Å². The molecule has 118 valence electrons. The summed E-state index contributed by atoms with van der Waals surface area (Å²) in [6, 6.07) is 11.3. The molecule has 1 N–H and O–H groups in total. The van der Waals surface area contributed by atoms with Crippen molar-refractivity contribution in [3.05, 3.63) is 35.9 Å². The fourth-order valence-electron chi connectivity index (χ4n) is 3.01. The monoisotopic (exact) mass is 289 g/mol. The zero-order valence-corrected chi connectivity index (χ0v) is 13.7. The molecule has 2 rings (SSSR count). The lowest BCUT2D eigenvalue weighted by Gasteiger charge is -2.27. The molecule has 1 aromatic carbocycles. The molecular weight excluding hydrogens is 258 g/mol. The van der Waals surface area contributed by atoms with E-state index in [-0.39, 0.29) is 0 Å². The Kier molecular flexibility index (Phi) is 7.20. The van der Waals surface area contributed by atoms with Crippen molar-refractivity contribution in [2.24, 2.45) is 0 Å². The van der Waals surface area contributed by atoms with Crippen LogP contribution in [0.5, 0.6) is 0 Å². The van der Waals surface area contributed by atoms with Crippen LogP contribution >= 0.6 is 0 Å². The first-order valence-electron chi connectivity index (χ1n) is 8.49. The molecule has 0 saturated carbocycles. The number of nitrogens with zero attached hydrogens (tertiary/aromatic N) is 2. The summed E-state index contributed by atoms with van der Waals surface area (Å²) in [4.78, 5) is 5.06. The summed E-state index contributed by atoms with van der Waals surface area (Å²) in [5, 5.41) is 3.69. The van der Waals surface area contributed by atoms with E-state index in [0.717, 1.165) is 19.6 Å². The standard InChI is InChI=1S/C18H31N3/c1-3-11-19-18(17-9-5-4-6-10-17)16-20(2)14-15-21-12-7-8-13-21/h4-6,9-10,18-19H,3,7-8,11-16H2,1-2H3. The van der Waals surface area contributed by atoms with E-state index in [1.54, 1.807) is 0 Å². The van der Waals surface area contributed by atoms with E-state index in [9.17, 15) is 0 Å². The van der Waals surface area contributed by atoms with Gasteiger partial charge in [-0.1, -0.05) is 37.3 Å². The van der Waals surface area contributed by atoms with Gasteiger partial charge in [-0.05, 0) is 51.5 Å². The van der Waals surface area contributed by atoms with E-state index < -0.39 is 0 Å². The molecule has 1 atom stereocenters. The Labute approximate surface area is 130 Å². The van der Waals surface area contributed by atoms with Crippen LogP contribution in [0.4, 0.5) is 0 Å². The van der Waals surface area contributed by atoms with Gasteiger partial charge in [0.15, 0.2) is 0 Å². The second kappa shape index (κ2) is 9.19. The molecule has 0 bridgehead atoms. The van der Waals surface area contributed by atoms with E-state index in [1.165, 1.54) is 44.5 Å². The van der Waals surface area contributed by atoms with Crippen LogP contribution in [0.25, 0.3) is 0 Å². The summed E-state index contributed by atoms with van der Waals surface area (Å²) in [5.74, 6) is 0. The maximum absolute atomic E-state index is 3.69. The lowest BCUT2D eigenvalue weighted by molar-refractivity contribution is 0.238. The highest BCUT2D eigenvalue weighted by Gasteiger charge is 2.15. The average Bonchev–Trinajstić information content (AvgIpc) is 3.03. The predicted molar refractivity (Wildman–Crippen MR) is 90.6 cm³/mol. The summed E-state index contributed by atoms with van der Waals surface area (Å²) in [7, 11) is 2.25. The second-order valence-corrected chi connectivity index (χ2v) is 6.23. The molecule has 1 unspecified atom stereocenters. The molecule has 21 heavy (non-hydrogen) atoms. The molecule has 3 nitrogen and oxygen atoms in total. The van der Waals surface area contributed by atoms with Crippen LogP contribution in [0.15, 0.2) is 30.3 Å². The van der Waals surface area contributed by atoms with Gasteiger partial charge in [0.1, 0.15) is 0 Å². The van der Waals surface area contributed by atoms with Crippen molar-refractivity contribution >= 4 is 0 Å². The number of rotatable bonds is 9. The van der Waals surface area contributed by atoms with Crippen molar-refractivity contribution in [3.63, 3.8) is 0 Å². The summed E-state index contributed by atoms with van der Waals surface area (Å²) in [5.41, 5.74) is 1.40. The SMILES string of the molecule is CCCNC(CN(C)CCN1CCCC1)c1ccccc1. The zero-order chi connectivity index (χ0) is 14.9. The fraction of sp³-hybridized carbons (Fsp3) is 0.667. The average molecular weight is 289 g/mol. The molecule has 1 aromatic rings. The maximum Gasteiger partial charge on any atom is 0.0449 e. The molecule has 1 fully saturated rings. The molecule has 1 saturated heterocycles. The number of likely N-dealkylation sites (tertiary alicyclic amines) is 1.